The molecule has 79 valence electrons. The second-order valence-electron chi connectivity index (χ2n) is 3.68. The van der Waals surface area contributed by atoms with E-state index in [2.05, 4.69) is 13.8 Å². The fourth-order valence-electron chi connectivity index (χ4n) is 1.49. The summed E-state index contributed by atoms with van der Waals surface area (Å²) >= 11 is 0. The summed E-state index contributed by atoms with van der Waals surface area (Å²) in [6.45, 7) is 6.12. The van der Waals surface area contributed by atoms with Gasteiger partial charge in [-0.25, -0.2) is 0 Å². The molecule has 0 aliphatic rings. The summed E-state index contributed by atoms with van der Waals surface area (Å²) in [6, 6.07) is 0. The van der Waals surface area contributed by atoms with Gasteiger partial charge in [-0.1, -0.05) is 64.7 Å². The van der Waals surface area contributed by atoms with Crippen LogP contribution in [0.2, 0.25) is 0 Å². The monoisotopic (exact) mass is 225 g/mol. The fourth-order valence-corrected chi connectivity index (χ4v) is 1.49. The van der Waals surface area contributed by atoms with Crippen molar-refractivity contribution in [1.82, 2.24) is 0 Å². The van der Waals surface area contributed by atoms with E-state index in [0.717, 1.165) is 6.42 Å². The third-order valence-corrected chi connectivity index (χ3v) is 2.35. The summed E-state index contributed by atoms with van der Waals surface area (Å²) in [4.78, 5) is 0. The van der Waals surface area contributed by atoms with Gasteiger partial charge in [-0.15, -0.1) is 0 Å². The molecule has 0 saturated heterocycles. The number of hydrogen-bond acceptors (Lipinski definition) is 0. The number of hydrogen-bond donors (Lipinski definition) is 0. The zero-order valence-electron chi connectivity index (χ0n) is 9.13. The Hall–Kier alpha value is 0.519. The van der Waals surface area contributed by atoms with Crippen molar-refractivity contribution < 1.29 is 17.1 Å². The van der Waals surface area contributed by atoms with Gasteiger partial charge in [0, 0.05) is 0 Å². The molecule has 1 heteroatoms. The molecule has 0 aromatic carbocycles. The second-order valence-corrected chi connectivity index (χ2v) is 3.68. The summed E-state index contributed by atoms with van der Waals surface area (Å²) < 4.78 is 0. The molecule has 0 unspecified atom stereocenters. The van der Waals surface area contributed by atoms with Crippen LogP contribution in [0.3, 0.4) is 0 Å². The Morgan fingerprint density at radius 3 is 1.46 bits per heavy atom. The van der Waals surface area contributed by atoms with E-state index in [0.29, 0.717) is 0 Å². The first-order valence-electron chi connectivity index (χ1n) is 5.71. The fraction of sp³-hybridized carbons (Fsp3) is 0.917. The zero-order chi connectivity index (χ0) is 9.07. The second kappa shape index (κ2) is 15.0. The molecule has 0 heterocycles. The number of rotatable bonds is 9. The molecule has 1 radical (unpaired) electrons. The molecule has 0 saturated carbocycles. The molecule has 0 amide bonds. The van der Waals surface area contributed by atoms with Gasteiger partial charge in [0.05, 0.1) is 0 Å². The molecule has 13 heavy (non-hydrogen) atoms. The van der Waals surface area contributed by atoms with Crippen molar-refractivity contribution in [2.45, 2.75) is 71.1 Å². The molecule has 0 spiro atoms. The van der Waals surface area contributed by atoms with Crippen LogP contribution in [-0.4, -0.2) is 0 Å². The summed E-state index contributed by atoms with van der Waals surface area (Å²) in [5, 5.41) is 0. The SMILES string of the molecule is [CH2-]CCCCCCCCCCC.[Fe+3]. The van der Waals surface area contributed by atoms with Crippen LogP contribution < -0.4 is 0 Å². The van der Waals surface area contributed by atoms with E-state index in [9.17, 15) is 0 Å². The zero-order valence-corrected chi connectivity index (χ0v) is 10.2. The maximum Gasteiger partial charge on any atom is 3.00 e. The normalized spacial score (nSPS) is 9.69. The maximum absolute atomic E-state index is 3.84. The molecule has 0 aliphatic heterocycles. The van der Waals surface area contributed by atoms with Gasteiger partial charge in [0.2, 0.25) is 0 Å². The third kappa shape index (κ3) is 15.3. The van der Waals surface area contributed by atoms with Crippen LogP contribution in [0.5, 0.6) is 0 Å². The van der Waals surface area contributed by atoms with Crippen LogP contribution in [0.15, 0.2) is 0 Å². The first kappa shape index (κ1) is 16.0. The van der Waals surface area contributed by atoms with Gasteiger partial charge in [0.15, 0.2) is 0 Å². The Labute approximate surface area is 95.3 Å². The van der Waals surface area contributed by atoms with Gasteiger partial charge >= 0.3 is 17.1 Å². The molecular weight excluding hydrogens is 200 g/mol. The molecule has 0 bridgehead atoms. The minimum Gasteiger partial charge on any atom is -0.343 e. The van der Waals surface area contributed by atoms with Gasteiger partial charge in [-0.05, 0) is 0 Å². The van der Waals surface area contributed by atoms with E-state index in [1.54, 1.807) is 0 Å². The minimum atomic E-state index is 0. The topological polar surface area (TPSA) is 0 Å². The van der Waals surface area contributed by atoms with E-state index in [1.165, 1.54) is 57.8 Å². The molecule has 0 rings (SSSR count). The summed E-state index contributed by atoms with van der Waals surface area (Å²) in [5.41, 5.74) is 0. The first-order valence-corrected chi connectivity index (χ1v) is 5.71. The molecule has 0 atom stereocenters. The molecule has 0 aliphatic carbocycles. The summed E-state index contributed by atoms with van der Waals surface area (Å²) in [7, 11) is 0. The number of unbranched alkanes of at least 4 members (excludes halogenated alkanes) is 9. The predicted octanol–water partition coefficient (Wildman–Crippen LogP) is 4.74. The Bertz CT molecular complexity index is 61.5. The standard InChI is InChI=1S/C12H25.Fe/c1-3-5-7-9-11-12-10-8-6-4-2;/h1,3-12H2,2H3;/q-1;+3. The third-order valence-electron chi connectivity index (χ3n) is 2.35. The quantitative estimate of drug-likeness (QED) is 0.302. The largest absolute Gasteiger partial charge is 3.00 e. The van der Waals surface area contributed by atoms with Crippen molar-refractivity contribution in [3.05, 3.63) is 6.92 Å². The van der Waals surface area contributed by atoms with Crippen LogP contribution in [-0.2, 0) is 17.1 Å². The van der Waals surface area contributed by atoms with Crippen LogP contribution in [0.1, 0.15) is 71.1 Å². The van der Waals surface area contributed by atoms with Gasteiger partial charge in [-0.3, -0.25) is 0 Å². The Morgan fingerprint density at radius 2 is 1.08 bits per heavy atom. The van der Waals surface area contributed by atoms with Gasteiger partial charge in [0.25, 0.3) is 0 Å². The van der Waals surface area contributed by atoms with E-state index in [4.69, 9.17) is 0 Å². The van der Waals surface area contributed by atoms with E-state index in [-0.39, 0.29) is 17.1 Å². The van der Waals surface area contributed by atoms with Gasteiger partial charge in [0.1, 0.15) is 0 Å². The van der Waals surface area contributed by atoms with Crippen molar-refractivity contribution >= 4 is 0 Å². The predicted molar refractivity (Wildman–Crippen MR) is 57.2 cm³/mol. The van der Waals surface area contributed by atoms with Crippen LogP contribution in [0.4, 0.5) is 0 Å². The average molecular weight is 225 g/mol. The summed E-state index contributed by atoms with van der Waals surface area (Å²) in [6.07, 6.45) is 13.9. The molecular formula is C12H25Fe+2. The van der Waals surface area contributed by atoms with E-state index in [1.807, 2.05) is 0 Å². The maximum atomic E-state index is 3.84. The average Bonchev–Trinajstić information content (AvgIpc) is 2.10. The Kier molecular flexibility index (Phi) is 18.4. The van der Waals surface area contributed by atoms with Crippen molar-refractivity contribution in [2.24, 2.45) is 0 Å². The smallest absolute Gasteiger partial charge is 0.343 e. The molecule has 0 N–H and O–H groups in total. The Morgan fingerprint density at radius 1 is 0.692 bits per heavy atom. The molecule has 0 aromatic heterocycles. The Balaban J connectivity index is 0. The molecule has 0 nitrogen and oxygen atoms in total. The van der Waals surface area contributed by atoms with Crippen molar-refractivity contribution in [3.8, 4) is 0 Å². The first-order chi connectivity index (χ1) is 5.91. The van der Waals surface area contributed by atoms with Crippen LogP contribution in [0, 0.1) is 6.92 Å². The van der Waals surface area contributed by atoms with Crippen molar-refractivity contribution in [3.63, 3.8) is 0 Å². The van der Waals surface area contributed by atoms with Crippen LogP contribution >= 0.6 is 0 Å². The minimum absolute atomic E-state index is 0. The van der Waals surface area contributed by atoms with E-state index >= 15 is 0 Å². The van der Waals surface area contributed by atoms with E-state index < -0.39 is 0 Å². The van der Waals surface area contributed by atoms with Gasteiger partial charge in [-0.2, -0.15) is 6.42 Å². The van der Waals surface area contributed by atoms with Gasteiger partial charge < -0.3 is 6.92 Å². The molecule has 0 aromatic rings. The van der Waals surface area contributed by atoms with Crippen molar-refractivity contribution in [2.75, 3.05) is 0 Å². The van der Waals surface area contributed by atoms with Crippen LogP contribution in [0.25, 0.3) is 0 Å². The molecule has 0 fully saturated rings. The van der Waals surface area contributed by atoms with Crippen molar-refractivity contribution in [1.29, 1.82) is 0 Å². The summed E-state index contributed by atoms with van der Waals surface area (Å²) in [5.74, 6) is 0.